The number of aromatic nitrogens is 7. The minimum absolute atomic E-state index is 0.0902. The molecule has 3 N–H and O–H groups in total. The summed E-state index contributed by atoms with van der Waals surface area (Å²) in [5.74, 6) is 0.734. The standard InChI is InChI=1S/C11H10N8O/c1-6-12-10(15-14-6)11(20)13-8-4-2-3-7(5-8)9-16-18-19-17-9/h2-5H,1H3,(H,13,20)(H,12,14,15)(H,16,17,18,19). The Morgan fingerprint density at radius 1 is 1.30 bits per heavy atom. The van der Waals surface area contributed by atoms with Crippen LogP contribution in [0, 0.1) is 6.92 Å². The number of hydrogen-bond donors (Lipinski definition) is 3. The lowest BCUT2D eigenvalue weighted by Gasteiger charge is -2.03. The van der Waals surface area contributed by atoms with Gasteiger partial charge in [-0.2, -0.15) is 5.21 Å². The number of nitrogens with one attached hydrogen (secondary N) is 3. The molecule has 20 heavy (non-hydrogen) atoms. The first kappa shape index (κ1) is 12.0. The lowest BCUT2D eigenvalue weighted by Crippen LogP contribution is -2.13. The van der Waals surface area contributed by atoms with Crippen molar-refractivity contribution in [1.82, 2.24) is 35.8 Å². The van der Waals surface area contributed by atoms with E-state index in [0.717, 1.165) is 5.56 Å². The zero-order valence-electron chi connectivity index (χ0n) is 10.5. The maximum Gasteiger partial charge on any atom is 0.295 e. The molecule has 0 aliphatic rings. The van der Waals surface area contributed by atoms with E-state index in [2.05, 4.69) is 41.1 Å². The zero-order valence-corrected chi connectivity index (χ0v) is 10.5. The van der Waals surface area contributed by atoms with Gasteiger partial charge in [-0.05, 0) is 24.3 Å². The van der Waals surface area contributed by atoms with Gasteiger partial charge in [0.05, 0.1) is 0 Å². The number of benzene rings is 1. The van der Waals surface area contributed by atoms with Crippen LogP contribution in [-0.4, -0.2) is 41.7 Å². The van der Waals surface area contributed by atoms with Gasteiger partial charge in [0.2, 0.25) is 11.6 Å². The number of carbonyl (C=O) groups is 1. The molecule has 0 atom stereocenters. The third kappa shape index (κ3) is 2.36. The number of rotatable bonds is 3. The van der Waals surface area contributed by atoms with Crippen molar-refractivity contribution in [2.45, 2.75) is 6.92 Å². The van der Waals surface area contributed by atoms with Crippen LogP contribution in [0.3, 0.4) is 0 Å². The highest BCUT2D eigenvalue weighted by Gasteiger charge is 2.12. The van der Waals surface area contributed by atoms with Crippen LogP contribution in [0.1, 0.15) is 16.4 Å². The molecule has 0 saturated carbocycles. The molecule has 1 aromatic carbocycles. The van der Waals surface area contributed by atoms with Gasteiger partial charge in [0.1, 0.15) is 5.82 Å². The van der Waals surface area contributed by atoms with E-state index in [1.54, 1.807) is 25.1 Å². The molecule has 2 aromatic heterocycles. The molecule has 3 aromatic rings. The van der Waals surface area contributed by atoms with Gasteiger partial charge in [0, 0.05) is 11.3 Å². The van der Waals surface area contributed by atoms with Crippen molar-refractivity contribution in [2.24, 2.45) is 0 Å². The lowest BCUT2D eigenvalue weighted by atomic mass is 10.2. The van der Waals surface area contributed by atoms with Crippen molar-refractivity contribution in [2.75, 3.05) is 5.32 Å². The minimum Gasteiger partial charge on any atom is -0.319 e. The molecule has 100 valence electrons. The molecule has 0 unspecified atom stereocenters. The second-order valence-corrected chi connectivity index (χ2v) is 4.01. The fourth-order valence-electron chi connectivity index (χ4n) is 1.65. The van der Waals surface area contributed by atoms with Crippen LogP contribution in [0.2, 0.25) is 0 Å². The van der Waals surface area contributed by atoms with E-state index in [1.165, 1.54) is 0 Å². The Kier molecular flexibility index (Phi) is 2.92. The summed E-state index contributed by atoms with van der Waals surface area (Å²) in [5.41, 5.74) is 1.34. The molecular weight excluding hydrogens is 260 g/mol. The zero-order chi connectivity index (χ0) is 13.9. The number of anilines is 1. The smallest absolute Gasteiger partial charge is 0.295 e. The fourth-order valence-corrected chi connectivity index (χ4v) is 1.65. The number of aryl methyl sites for hydroxylation is 1. The van der Waals surface area contributed by atoms with Crippen LogP contribution in [0.5, 0.6) is 0 Å². The summed E-state index contributed by atoms with van der Waals surface area (Å²) in [6.07, 6.45) is 0. The molecule has 0 radical (unpaired) electrons. The first-order chi connectivity index (χ1) is 9.72. The van der Waals surface area contributed by atoms with Crippen molar-refractivity contribution >= 4 is 11.6 Å². The van der Waals surface area contributed by atoms with Gasteiger partial charge in [-0.15, -0.1) is 15.3 Å². The average Bonchev–Trinajstić information content (AvgIpc) is 3.10. The Hall–Kier alpha value is -3.10. The van der Waals surface area contributed by atoms with Crippen LogP contribution >= 0.6 is 0 Å². The second-order valence-electron chi connectivity index (χ2n) is 4.01. The normalized spacial score (nSPS) is 10.4. The third-order valence-electron chi connectivity index (χ3n) is 2.52. The highest BCUT2D eigenvalue weighted by atomic mass is 16.2. The van der Waals surface area contributed by atoms with Gasteiger partial charge in [-0.25, -0.2) is 4.98 Å². The molecule has 0 aliphatic heterocycles. The topological polar surface area (TPSA) is 125 Å². The van der Waals surface area contributed by atoms with Gasteiger partial charge in [-0.1, -0.05) is 12.1 Å². The largest absolute Gasteiger partial charge is 0.319 e. The van der Waals surface area contributed by atoms with E-state index in [9.17, 15) is 4.79 Å². The van der Waals surface area contributed by atoms with E-state index in [-0.39, 0.29) is 11.7 Å². The first-order valence-electron chi connectivity index (χ1n) is 5.76. The fraction of sp³-hybridized carbons (Fsp3) is 0.0909. The van der Waals surface area contributed by atoms with Crippen molar-refractivity contribution < 1.29 is 4.79 Å². The monoisotopic (exact) mass is 270 g/mol. The number of nitrogens with zero attached hydrogens (tertiary/aromatic N) is 5. The molecule has 1 amide bonds. The SMILES string of the molecule is Cc1nc(C(=O)Nc2cccc(-c3nn[nH]n3)c2)n[nH]1. The van der Waals surface area contributed by atoms with Gasteiger partial charge in [-0.3, -0.25) is 9.89 Å². The van der Waals surface area contributed by atoms with Crippen LogP contribution in [0.25, 0.3) is 11.4 Å². The van der Waals surface area contributed by atoms with Crippen LogP contribution in [0.15, 0.2) is 24.3 Å². The van der Waals surface area contributed by atoms with Gasteiger partial charge in [0.25, 0.3) is 5.91 Å². The second kappa shape index (κ2) is 4.88. The van der Waals surface area contributed by atoms with E-state index in [1.807, 2.05) is 6.07 Å². The Morgan fingerprint density at radius 3 is 2.90 bits per heavy atom. The first-order valence-corrected chi connectivity index (χ1v) is 5.76. The molecule has 0 bridgehead atoms. The number of H-pyrrole nitrogens is 2. The van der Waals surface area contributed by atoms with Crippen LogP contribution in [-0.2, 0) is 0 Å². The maximum absolute atomic E-state index is 11.9. The Morgan fingerprint density at radius 2 is 2.20 bits per heavy atom. The van der Waals surface area contributed by atoms with Gasteiger partial charge < -0.3 is 5.32 Å². The predicted octanol–water partition coefficient (Wildman–Crippen LogP) is 0.546. The molecule has 0 spiro atoms. The molecule has 2 heterocycles. The average molecular weight is 270 g/mol. The van der Waals surface area contributed by atoms with Crippen molar-refractivity contribution in [3.63, 3.8) is 0 Å². The van der Waals surface area contributed by atoms with Crippen molar-refractivity contribution in [1.29, 1.82) is 0 Å². The number of hydrogen-bond acceptors (Lipinski definition) is 6. The van der Waals surface area contributed by atoms with E-state index >= 15 is 0 Å². The molecule has 0 fully saturated rings. The summed E-state index contributed by atoms with van der Waals surface area (Å²) >= 11 is 0. The Labute approximate surface area is 112 Å². The summed E-state index contributed by atoms with van der Waals surface area (Å²) in [4.78, 5) is 15.9. The van der Waals surface area contributed by atoms with Crippen LogP contribution in [0.4, 0.5) is 5.69 Å². The molecule has 0 saturated heterocycles. The summed E-state index contributed by atoms with van der Waals surface area (Å²) in [6.45, 7) is 1.72. The van der Waals surface area contributed by atoms with Gasteiger partial charge >= 0.3 is 0 Å². The predicted molar refractivity (Wildman–Crippen MR) is 68.7 cm³/mol. The molecule has 3 rings (SSSR count). The summed E-state index contributed by atoms with van der Waals surface area (Å²) in [5, 5.41) is 22.7. The van der Waals surface area contributed by atoms with Crippen LogP contribution < -0.4 is 5.32 Å². The Bertz CT molecular complexity index is 732. The Balaban J connectivity index is 1.81. The molecular formula is C11H10N8O. The summed E-state index contributed by atoms with van der Waals surface area (Å²) < 4.78 is 0. The van der Waals surface area contributed by atoms with Crippen molar-refractivity contribution in [3.8, 4) is 11.4 Å². The number of amides is 1. The van der Waals surface area contributed by atoms with E-state index in [4.69, 9.17) is 0 Å². The van der Waals surface area contributed by atoms with Gasteiger partial charge in [0.15, 0.2) is 0 Å². The highest BCUT2D eigenvalue weighted by Crippen LogP contribution is 2.18. The maximum atomic E-state index is 11.9. The lowest BCUT2D eigenvalue weighted by molar-refractivity contribution is 0.101. The molecule has 9 heteroatoms. The summed E-state index contributed by atoms with van der Waals surface area (Å²) in [7, 11) is 0. The summed E-state index contributed by atoms with van der Waals surface area (Å²) in [6, 6.07) is 7.09. The van der Waals surface area contributed by atoms with E-state index in [0.29, 0.717) is 17.3 Å². The number of tetrazole rings is 1. The number of aromatic amines is 2. The number of carbonyl (C=O) groups excluding carboxylic acids is 1. The third-order valence-corrected chi connectivity index (χ3v) is 2.52. The molecule has 9 nitrogen and oxygen atoms in total. The highest BCUT2D eigenvalue weighted by molar-refractivity contribution is 6.01. The molecule has 0 aliphatic carbocycles. The van der Waals surface area contributed by atoms with E-state index < -0.39 is 0 Å². The quantitative estimate of drug-likeness (QED) is 0.638. The minimum atomic E-state index is -0.389. The van der Waals surface area contributed by atoms with Crippen molar-refractivity contribution in [3.05, 3.63) is 35.9 Å².